The maximum absolute atomic E-state index is 14.7. The number of nitrogens with one attached hydrogen (secondary N) is 1. The monoisotopic (exact) mass is 685 g/mol. The number of cyclic esters (lactones) is 1. The molecule has 10 nitrogen and oxygen atoms in total. The smallest absolute Gasteiger partial charge is 0.313 e. The molecule has 2 fully saturated rings. The van der Waals surface area contributed by atoms with Crippen LogP contribution < -0.4 is 5.32 Å². The van der Waals surface area contributed by atoms with Crippen LogP contribution in [0.5, 0.6) is 0 Å². The number of hydrogen-bond donors (Lipinski definition) is 2. The third kappa shape index (κ3) is 6.62. The van der Waals surface area contributed by atoms with Crippen LogP contribution in [0, 0.1) is 11.8 Å². The predicted molar refractivity (Wildman–Crippen MR) is 171 cm³/mol. The Bertz CT molecular complexity index is 1340. The molecule has 0 saturated carbocycles. The number of allylic oxidation sites excluding steroid dienone is 1. The van der Waals surface area contributed by atoms with Crippen LogP contribution in [0.3, 0.4) is 0 Å². The standard InChI is InChI=1S/C34H44BrN3O7/c1-33(2,3)38-18-12-7-10-16-25(40)36-21-24(22-14-8-6-9-15-22)44-32(43)26-27-30(41)37(17-11-4-5-13-19-39)29(31(38)42)34(27)20-23(35)28(26)45-34/h6-9,12,14-15,20,24,26-29,39H,4-5,10-11,13,16-19,21H2,1-3H3,(H,36,40)/b12-7-/t24-,26-,27+,28-,29-,34+/m1/s1. The molecule has 1 aromatic rings. The lowest BCUT2D eigenvalue weighted by molar-refractivity contribution is -0.160. The normalized spacial score (nSPS) is 31.5. The van der Waals surface area contributed by atoms with E-state index < -0.39 is 47.2 Å². The molecule has 1 spiro atoms. The first-order valence-corrected chi connectivity index (χ1v) is 16.7. The lowest BCUT2D eigenvalue weighted by atomic mass is 9.74. The van der Waals surface area contributed by atoms with Crippen molar-refractivity contribution in [2.75, 3.05) is 26.2 Å². The van der Waals surface area contributed by atoms with Gasteiger partial charge in [-0.15, -0.1) is 0 Å². The van der Waals surface area contributed by atoms with Crippen molar-refractivity contribution in [1.82, 2.24) is 15.1 Å². The van der Waals surface area contributed by atoms with E-state index in [0.717, 1.165) is 12.8 Å². The molecular weight excluding hydrogens is 642 g/mol. The predicted octanol–water partition coefficient (Wildman–Crippen LogP) is 3.79. The number of aliphatic hydroxyl groups is 1. The van der Waals surface area contributed by atoms with E-state index in [9.17, 15) is 24.3 Å². The maximum atomic E-state index is 14.7. The molecule has 5 bridgehead atoms. The molecule has 2 saturated heterocycles. The number of esters is 1. The lowest BCUT2D eigenvalue weighted by Crippen LogP contribution is -2.59. The van der Waals surface area contributed by atoms with E-state index in [-0.39, 0.29) is 43.8 Å². The number of benzene rings is 1. The van der Waals surface area contributed by atoms with Gasteiger partial charge < -0.3 is 29.7 Å². The number of ether oxygens (including phenoxy) is 2. The average Bonchev–Trinajstić information content (AvgIpc) is 3.59. The molecule has 11 heteroatoms. The Morgan fingerprint density at radius 1 is 1.02 bits per heavy atom. The van der Waals surface area contributed by atoms with Crippen LogP contribution in [-0.2, 0) is 28.7 Å². The van der Waals surface area contributed by atoms with Gasteiger partial charge in [0, 0.05) is 36.1 Å². The molecule has 4 aliphatic heterocycles. The summed E-state index contributed by atoms with van der Waals surface area (Å²) in [5.41, 5.74) is -1.22. The van der Waals surface area contributed by atoms with Crippen LogP contribution in [0.2, 0.25) is 0 Å². The molecule has 6 atom stereocenters. The summed E-state index contributed by atoms with van der Waals surface area (Å²) < 4.78 is 13.3. The molecule has 3 amide bonds. The third-order valence-corrected chi connectivity index (χ3v) is 9.90. The molecule has 244 valence electrons. The van der Waals surface area contributed by atoms with Gasteiger partial charge in [-0.2, -0.15) is 0 Å². The van der Waals surface area contributed by atoms with Gasteiger partial charge in [0.25, 0.3) is 0 Å². The molecule has 5 rings (SSSR count). The zero-order valence-electron chi connectivity index (χ0n) is 26.2. The molecule has 4 aliphatic rings. The number of nitrogens with zero attached hydrogens (tertiary/aromatic N) is 2. The zero-order chi connectivity index (χ0) is 32.4. The molecular formula is C34H44BrN3O7. The molecule has 4 heterocycles. The Morgan fingerprint density at radius 2 is 1.76 bits per heavy atom. The second kappa shape index (κ2) is 13.8. The van der Waals surface area contributed by atoms with Crippen molar-refractivity contribution < 1.29 is 33.8 Å². The topological polar surface area (TPSA) is 125 Å². The van der Waals surface area contributed by atoms with Crippen LogP contribution in [0.25, 0.3) is 0 Å². The van der Waals surface area contributed by atoms with E-state index in [4.69, 9.17) is 9.47 Å². The zero-order valence-corrected chi connectivity index (χ0v) is 27.8. The number of hydrogen-bond acceptors (Lipinski definition) is 7. The largest absolute Gasteiger partial charge is 0.455 e. The first-order chi connectivity index (χ1) is 21.5. The molecule has 0 aliphatic carbocycles. The highest BCUT2D eigenvalue weighted by atomic mass is 79.9. The summed E-state index contributed by atoms with van der Waals surface area (Å²) in [5, 5.41) is 12.1. The van der Waals surface area contributed by atoms with Gasteiger partial charge in [0.2, 0.25) is 17.7 Å². The highest BCUT2D eigenvalue weighted by Gasteiger charge is 2.75. The molecule has 0 aromatic heterocycles. The van der Waals surface area contributed by atoms with Crippen molar-refractivity contribution in [3.63, 3.8) is 0 Å². The van der Waals surface area contributed by atoms with Gasteiger partial charge in [-0.1, -0.05) is 71.3 Å². The van der Waals surface area contributed by atoms with Crippen molar-refractivity contribution in [3.8, 4) is 0 Å². The van der Waals surface area contributed by atoms with Crippen LogP contribution >= 0.6 is 15.9 Å². The second-order valence-electron chi connectivity index (χ2n) is 13.3. The Balaban J connectivity index is 1.56. The fourth-order valence-corrected chi connectivity index (χ4v) is 7.75. The Hall–Kier alpha value is -3.02. The highest BCUT2D eigenvalue weighted by molar-refractivity contribution is 9.11. The van der Waals surface area contributed by atoms with Gasteiger partial charge in [-0.25, -0.2) is 0 Å². The average molecular weight is 687 g/mol. The summed E-state index contributed by atoms with van der Waals surface area (Å²) in [6.45, 7) is 6.64. The van der Waals surface area contributed by atoms with Gasteiger partial charge >= 0.3 is 5.97 Å². The van der Waals surface area contributed by atoms with E-state index >= 15 is 0 Å². The number of carbonyl (C=O) groups excluding carboxylic acids is 4. The SMILES string of the molecule is CC(C)(C)N1C/C=C\CCC(=O)NC[C@H](c2ccccc2)OC(=O)[C@H]2[C@@H]3O[C@@]4(C=C3Br)[C@@H]2C(=O)N(CCCCCCO)[C@@H]4C1=O. The van der Waals surface area contributed by atoms with E-state index in [1.54, 1.807) is 9.80 Å². The first-order valence-electron chi connectivity index (χ1n) is 16.0. The summed E-state index contributed by atoms with van der Waals surface area (Å²) in [4.78, 5) is 59.3. The molecule has 0 unspecified atom stereocenters. The van der Waals surface area contributed by atoms with Gasteiger partial charge in [0.15, 0.2) is 0 Å². The maximum Gasteiger partial charge on any atom is 0.313 e. The quantitative estimate of drug-likeness (QED) is 0.254. The van der Waals surface area contributed by atoms with Crippen molar-refractivity contribution in [3.05, 3.63) is 58.6 Å². The van der Waals surface area contributed by atoms with E-state index in [1.165, 1.54) is 0 Å². The molecule has 0 radical (unpaired) electrons. The van der Waals surface area contributed by atoms with Crippen LogP contribution in [-0.4, -0.2) is 88.1 Å². The summed E-state index contributed by atoms with van der Waals surface area (Å²) in [6.07, 6.45) is 7.68. The van der Waals surface area contributed by atoms with Gasteiger partial charge in [-0.05, 0) is 51.7 Å². The van der Waals surface area contributed by atoms with Crippen molar-refractivity contribution in [2.24, 2.45) is 11.8 Å². The number of amides is 3. The number of rotatable bonds is 7. The summed E-state index contributed by atoms with van der Waals surface area (Å²) in [7, 11) is 0. The van der Waals surface area contributed by atoms with Crippen molar-refractivity contribution >= 4 is 39.6 Å². The first kappa shape index (κ1) is 33.3. The van der Waals surface area contributed by atoms with Crippen molar-refractivity contribution in [2.45, 2.75) is 88.7 Å². The Morgan fingerprint density at radius 3 is 2.47 bits per heavy atom. The van der Waals surface area contributed by atoms with E-state index in [2.05, 4.69) is 21.2 Å². The molecule has 45 heavy (non-hydrogen) atoms. The van der Waals surface area contributed by atoms with Crippen LogP contribution in [0.15, 0.2) is 53.0 Å². The minimum absolute atomic E-state index is 0.0796. The summed E-state index contributed by atoms with van der Waals surface area (Å²) in [5.74, 6) is -3.27. The molecule has 2 N–H and O–H groups in total. The van der Waals surface area contributed by atoms with Crippen molar-refractivity contribution in [1.29, 1.82) is 0 Å². The number of fused-ring (bicyclic) bond motifs is 2. The van der Waals surface area contributed by atoms with Crippen LogP contribution in [0.4, 0.5) is 0 Å². The van der Waals surface area contributed by atoms with Gasteiger partial charge in [-0.3, -0.25) is 19.2 Å². The third-order valence-electron chi connectivity index (χ3n) is 9.22. The fourth-order valence-electron chi connectivity index (χ4n) is 7.02. The number of aliphatic hydroxyl groups excluding tert-OH is 1. The van der Waals surface area contributed by atoms with E-state index in [1.807, 2.05) is 69.3 Å². The summed E-state index contributed by atoms with van der Waals surface area (Å²) in [6, 6.07) is 8.22. The number of halogens is 1. The Kier molecular flexibility index (Phi) is 10.2. The minimum atomic E-state index is -1.34. The van der Waals surface area contributed by atoms with Gasteiger partial charge in [0.1, 0.15) is 29.8 Å². The minimum Gasteiger partial charge on any atom is -0.455 e. The van der Waals surface area contributed by atoms with E-state index in [0.29, 0.717) is 35.9 Å². The number of likely N-dealkylation sites (tertiary alicyclic amines) is 1. The number of unbranched alkanes of at least 4 members (excludes halogenated alkanes) is 3. The lowest BCUT2D eigenvalue weighted by Gasteiger charge is -2.41. The highest BCUT2D eigenvalue weighted by Crippen LogP contribution is 2.59. The second-order valence-corrected chi connectivity index (χ2v) is 14.2. The fraction of sp³-hybridized carbons (Fsp3) is 0.588. The molecule has 1 aromatic carbocycles. The van der Waals surface area contributed by atoms with Gasteiger partial charge in [0.05, 0.1) is 12.5 Å². The summed E-state index contributed by atoms with van der Waals surface area (Å²) >= 11 is 3.60. The van der Waals surface area contributed by atoms with Crippen LogP contribution in [0.1, 0.15) is 71.0 Å². The Labute approximate surface area is 273 Å². The number of carbonyl (C=O) groups is 4.